The van der Waals surface area contributed by atoms with Gasteiger partial charge in [0, 0.05) is 58.9 Å². The fourth-order valence-corrected chi connectivity index (χ4v) is 3.81. The molecule has 0 saturated carbocycles. The van der Waals surface area contributed by atoms with Crippen LogP contribution in [0.3, 0.4) is 0 Å². The van der Waals surface area contributed by atoms with Crippen LogP contribution in [-0.4, -0.2) is 102 Å². The zero-order chi connectivity index (χ0) is 20.2. The smallest absolute Gasteiger partial charge is 0.259 e. The third kappa shape index (κ3) is 4.33. The van der Waals surface area contributed by atoms with E-state index in [0.717, 1.165) is 44.4 Å². The number of piperazine rings is 2. The summed E-state index contributed by atoms with van der Waals surface area (Å²) in [5.74, 6) is 2.23. The summed E-state index contributed by atoms with van der Waals surface area (Å²) in [5, 5.41) is 21.6. The highest BCUT2D eigenvalue weighted by atomic mass is 16.5. The van der Waals surface area contributed by atoms with Crippen LogP contribution in [0, 0.1) is 6.92 Å². The molecule has 4 heterocycles. The normalized spacial score (nSPS) is 18.3. The van der Waals surface area contributed by atoms with Crippen LogP contribution in [0.15, 0.2) is 22.9 Å². The van der Waals surface area contributed by atoms with Gasteiger partial charge in [-0.3, -0.25) is 9.69 Å². The van der Waals surface area contributed by atoms with E-state index in [1.807, 2.05) is 17.0 Å². The van der Waals surface area contributed by atoms with Gasteiger partial charge in [-0.2, -0.15) is 0 Å². The zero-order valence-corrected chi connectivity index (χ0v) is 16.7. The number of carbonyl (C=O) groups excluding carboxylic acids is 1. The van der Waals surface area contributed by atoms with Gasteiger partial charge in [0.15, 0.2) is 11.6 Å². The van der Waals surface area contributed by atoms with Crippen LogP contribution in [0.25, 0.3) is 0 Å². The summed E-state index contributed by atoms with van der Waals surface area (Å²) in [5.41, 5.74) is 0.529. The summed E-state index contributed by atoms with van der Waals surface area (Å²) >= 11 is 0. The van der Waals surface area contributed by atoms with E-state index >= 15 is 0 Å². The number of hydrogen-bond donors (Lipinski definition) is 1. The lowest BCUT2D eigenvalue weighted by Crippen LogP contribution is -2.49. The molecule has 10 heteroatoms. The van der Waals surface area contributed by atoms with Gasteiger partial charge in [0.25, 0.3) is 5.91 Å². The molecule has 1 N–H and O–H groups in total. The highest BCUT2D eigenvalue weighted by molar-refractivity contribution is 5.94. The van der Waals surface area contributed by atoms with Gasteiger partial charge in [0.1, 0.15) is 11.3 Å². The Morgan fingerprint density at radius 1 is 1.00 bits per heavy atom. The monoisotopic (exact) mass is 401 g/mol. The molecule has 0 aromatic carbocycles. The second-order valence-corrected chi connectivity index (χ2v) is 7.38. The molecule has 2 aromatic heterocycles. The number of β-amino-alcohol motifs (C(OH)–C–C–N with tert-alkyl or cyclic N) is 1. The number of aryl methyl sites for hydroxylation is 1. The molecular weight excluding hydrogens is 374 g/mol. The van der Waals surface area contributed by atoms with Crippen LogP contribution in [0.4, 0.5) is 11.6 Å². The van der Waals surface area contributed by atoms with Gasteiger partial charge in [0.2, 0.25) is 0 Å². The number of aromatic nitrogens is 3. The highest BCUT2D eigenvalue weighted by Crippen LogP contribution is 2.19. The van der Waals surface area contributed by atoms with Gasteiger partial charge in [-0.15, -0.1) is 10.2 Å². The number of aliphatic hydroxyl groups excluding tert-OH is 1. The largest absolute Gasteiger partial charge is 0.395 e. The summed E-state index contributed by atoms with van der Waals surface area (Å²) in [7, 11) is 0. The molecular formula is C19H27N7O3. The Labute approximate surface area is 169 Å². The second kappa shape index (κ2) is 8.75. The van der Waals surface area contributed by atoms with Crippen molar-refractivity contribution in [3.8, 4) is 0 Å². The molecule has 29 heavy (non-hydrogen) atoms. The molecule has 2 aromatic rings. The number of hydrogen-bond acceptors (Lipinski definition) is 9. The minimum Gasteiger partial charge on any atom is -0.395 e. The van der Waals surface area contributed by atoms with E-state index in [0.29, 0.717) is 37.5 Å². The molecule has 10 nitrogen and oxygen atoms in total. The number of amides is 1. The molecule has 2 saturated heterocycles. The number of carbonyl (C=O) groups is 1. The van der Waals surface area contributed by atoms with Gasteiger partial charge in [-0.1, -0.05) is 5.16 Å². The highest BCUT2D eigenvalue weighted by Gasteiger charge is 2.26. The van der Waals surface area contributed by atoms with Crippen LogP contribution in [-0.2, 0) is 0 Å². The molecule has 0 aliphatic carbocycles. The van der Waals surface area contributed by atoms with E-state index in [-0.39, 0.29) is 12.5 Å². The Morgan fingerprint density at radius 2 is 1.59 bits per heavy atom. The average Bonchev–Trinajstić information content (AvgIpc) is 3.20. The summed E-state index contributed by atoms with van der Waals surface area (Å²) in [6, 6.07) is 4.02. The summed E-state index contributed by atoms with van der Waals surface area (Å²) in [4.78, 5) is 21.0. The van der Waals surface area contributed by atoms with E-state index in [1.54, 1.807) is 6.92 Å². The molecule has 0 radical (unpaired) electrons. The summed E-state index contributed by atoms with van der Waals surface area (Å²) < 4.78 is 5.00. The first-order valence-corrected chi connectivity index (χ1v) is 10.0. The second-order valence-electron chi connectivity index (χ2n) is 7.38. The van der Waals surface area contributed by atoms with Crippen LogP contribution >= 0.6 is 0 Å². The van der Waals surface area contributed by atoms with Gasteiger partial charge in [-0.25, -0.2) is 0 Å². The Morgan fingerprint density at radius 3 is 2.07 bits per heavy atom. The summed E-state index contributed by atoms with van der Waals surface area (Å²) in [6.07, 6.45) is 1.48. The lowest BCUT2D eigenvalue weighted by atomic mass is 10.2. The predicted octanol–water partition coefficient (Wildman–Crippen LogP) is -0.150. The Kier molecular flexibility index (Phi) is 5.91. The van der Waals surface area contributed by atoms with Crippen molar-refractivity contribution in [2.24, 2.45) is 0 Å². The minimum absolute atomic E-state index is 0.0369. The predicted molar refractivity (Wildman–Crippen MR) is 107 cm³/mol. The molecule has 2 aliphatic rings. The third-order valence-electron chi connectivity index (χ3n) is 5.62. The van der Waals surface area contributed by atoms with Crippen molar-refractivity contribution in [1.82, 2.24) is 25.2 Å². The standard InChI is InChI=1S/C19H27N7O3/c1-15-16(14-20-29-15)19(28)26-10-8-25(9-11-26)18-3-2-17(21-22-18)24-6-4-23(5-7-24)12-13-27/h2-3,14,27H,4-13H2,1H3. The lowest BCUT2D eigenvalue weighted by Gasteiger charge is -2.36. The molecule has 1 amide bonds. The Bertz CT molecular complexity index is 809. The molecule has 2 fully saturated rings. The van der Waals surface area contributed by atoms with Crippen molar-refractivity contribution in [1.29, 1.82) is 0 Å². The van der Waals surface area contributed by atoms with Gasteiger partial charge < -0.3 is 24.3 Å². The third-order valence-corrected chi connectivity index (χ3v) is 5.62. The maximum Gasteiger partial charge on any atom is 0.259 e. The van der Waals surface area contributed by atoms with E-state index in [4.69, 9.17) is 9.63 Å². The SMILES string of the molecule is Cc1oncc1C(=O)N1CCN(c2ccc(N3CCN(CCO)CC3)nn2)CC1. The van der Waals surface area contributed by atoms with Crippen molar-refractivity contribution in [2.45, 2.75) is 6.92 Å². The fourth-order valence-electron chi connectivity index (χ4n) is 3.81. The molecule has 2 aliphatic heterocycles. The topological polar surface area (TPSA) is 102 Å². The fraction of sp³-hybridized carbons (Fsp3) is 0.579. The van der Waals surface area contributed by atoms with Crippen molar-refractivity contribution >= 4 is 17.5 Å². The first-order valence-electron chi connectivity index (χ1n) is 10.0. The molecule has 0 bridgehead atoms. The number of rotatable bonds is 5. The van der Waals surface area contributed by atoms with Crippen LogP contribution in [0.2, 0.25) is 0 Å². The molecule has 4 rings (SSSR count). The zero-order valence-electron chi connectivity index (χ0n) is 16.7. The number of nitrogens with zero attached hydrogens (tertiary/aromatic N) is 7. The summed E-state index contributed by atoms with van der Waals surface area (Å²) in [6.45, 7) is 8.97. The van der Waals surface area contributed by atoms with E-state index in [1.165, 1.54) is 6.20 Å². The van der Waals surface area contributed by atoms with Crippen molar-refractivity contribution in [3.05, 3.63) is 29.7 Å². The maximum atomic E-state index is 12.6. The molecule has 0 spiro atoms. The first-order chi connectivity index (χ1) is 14.2. The Hall–Kier alpha value is -2.72. The van der Waals surface area contributed by atoms with Crippen LogP contribution < -0.4 is 9.80 Å². The van der Waals surface area contributed by atoms with Crippen LogP contribution in [0.5, 0.6) is 0 Å². The molecule has 0 atom stereocenters. The first kappa shape index (κ1) is 19.6. The average molecular weight is 401 g/mol. The Balaban J connectivity index is 1.30. The number of anilines is 2. The molecule has 156 valence electrons. The van der Waals surface area contributed by atoms with E-state index in [9.17, 15) is 4.79 Å². The maximum absolute atomic E-state index is 12.6. The van der Waals surface area contributed by atoms with E-state index in [2.05, 4.69) is 30.1 Å². The van der Waals surface area contributed by atoms with Crippen molar-refractivity contribution in [2.75, 3.05) is 75.3 Å². The van der Waals surface area contributed by atoms with Gasteiger partial charge in [-0.05, 0) is 19.1 Å². The van der Waals surface area contributed by atoms with Crippen LogP contribution in [0.1, 0.15) is 16.1 Å². The van der Waals surface area contributed by atoms with Gasteiger partial charge >= 0.3 is 0 Å². The van der Waals surface area contributed by atoms with Crippen molar-refractivity contribution < 1.29 is 14.4 Å². The lowest BCUT2D eigenvalue weighted by molar-refractivity contribution is 0.0744. The quantitative estimate of drug-likeness (QED) is 0.733. The number of aliphatic hydroxyl groups is 1. The molecule has 0 unspecified atom stereocenters. The van der Waals surface area contributed by atoms with Crippen molar-refractivity contribution in [3.63, 3.8) is 0 Å². The van der Waals surface area contributed by atoms with Gasteiger partial charge in [0.05, 0.1) is 12.8 Å². The minimum atomic E-state index is -0.0369. The van der Waals surface area contributed by atoms with E-state index < -0.39 is 0 Å².